The standard InChI is InChI=1S/C24H16N2S/c1-15-10-11-22-19(14-15)18-12-13-25-24(23(18)27-22)26-20-8-4-2-6-16(20)17-7-3-5-9-21(17)26/h2-14H,1H3. The predicted octanol–water partition coefficient (Wildman–Crippen LogP) is 6.86. The topological polar surface area (TPSA) is 17.8 Å². The SMILES string of the molecule is Cc1ccc2sc3c(-n4c5ccccc5c5ccccc54)nccc3c2c1. The first-order valence-electron chi connectivity index (χ1n) is 9.08. The fraction of sp³-hybridized carbons (Fsp3) is 0.0417. The van der Waals surface area contributed by atoms with Crippen LogP contribution in [0.3, 0.4) is 0 Å². The zero-order valence-electron chi connectivity index (χ0n) is 14.8. The second-order valence-electron chi connectivity index (χ2n) is 6.98. The maximum atomic E-state index is 4.84. The highest BCUT2D eigenvalue weighted by Crippen LogP contribution is 2.39. The van der Waals surface area contributed by atoms with Crippen LogP contribution in [0.4, 0.5) is 0 Å². The van der Waals surface area contributed by atoms with Crippen molar-refractivity contribution in [2.45, 2.75) is 6.92 Å². The molecule has 3 aromatic carbocycles. The third-order valence-electron chi connectivity index (χ3n) is 5.31. The molecule has 0 unspecified atom stereocenters. The van der Waals surface area contributed by atoms with Crippen molar-refractivity contribution >= 4 is 53.3 Å². The maximum Gasteiger partial charge on any atom is 0.155 e. The molecule has 0 aliphatic heterocycles. The van der Waals surface area contributed by atoms with Gasteiger partial charge in [-0.1, -0.05) is 48.0 Å². The molecule has 27 heavy (non-hydrogen) atoms. The van der Waals surface area contributed by atoms with Crippen LogP contribution in [0, 0.1) is 6.92 Å². The first-order valence-corrected chi connectivity index (χ1v) is 9.89. The van der Waals surface area contributed by atoms with Crippen molar-refractivity contribution in [3.05, 3.63) is 84.6 Å². The molecule has 3 aromatic heterocycles. The van der Waals surface area contributed by atoms with Crippen LogP contribution in [-0.2, 0) is 0 Å². The lowest BCUT2D eigenvalue weighted by molar-refractivity contribution is 1.11. The monoisotopic (exact) mass is 364 g/mol. The summed E-state index contributed by atoms with van der Waals surface area (Å²) in [5.74, 6) is 1.02. The average Bonchev–Trinajstić information content (AvgIpc) is 3.24. The van der Waals surface area contributed by atoms with E-state index in [0.29, 0.717) is 0 Å². The van der Waals surface area contributed by atoms with E-state index >= 15 is 0 Å². The molecule has 2 nitrogen and oxygen atoms in total. The summed E-state index contributed by atoms with van der Waals surface area (Å²) < 4.78 is 4.87. The summed E-state index contributed by atoms with van der Waals surface area (Å²) in [5.41, 5.74) is 3.69. The van der Waals surface area contributed by atoms with E-state index in [2.05, 4.69) is 84.3 Å². The molecule has 3 heteroatoms. The molecule has 0 bridgehead atoms. The number of nitrogens with zero attached hydrogens (tertiary/aromatic N) is 2. The van der Waals surface area contributed by atoms with Gasteiger partial charge in [-0.05, 0) is 37.3 Å². The highest BCUT2D eigenvalue weighted by Gasteiger charge is 2.16. The largest absolute Gasteiger partial charge is 0.293 e. The van der Waals surface area contributed by atoms with Crippen LogP contribution in [0.25, 0.3) is 47.8 Å². The highest BCUT2D eigenvalue weighted by atomic mass is 32.1. The summed E-state index contributed by atoms with van der Waals surface area (Å²) in [6.07, 6.45) is 1.94. The molecule has 3 heterocycles. The number of pyridine rings is 1. The molecule has 6 rings (SSSR count). The summed E-state index contributed by atoms with van der Waals surface area (Å²) in [5, 5.41) is 5.14. The lowest BCUT2D eigenvalue weighted by Crippen LogP contribution is -1.96. The molecule has 0 N–H and O–H groups in total. The number of hydrogen-bond donors (Lipinski definition) is 0. The minimum absolute atomic E-state index is 1.02. The highest BCUT2D eigenvalue weighted by molar-refractivity contribution is 7.26. The van der Waals surface area contributed by atoms with Crippen LogP contribution in [0.5, 0.6) is 0 Å². The molecule has 0 fully saturated rings. The number of thiophene rings is 1. The molecule has 0 aliphatic rings. The van der Waals surface area contributed by atoms with E-state index in [9.17, 15) is 0 Å². The van der Waals surface area contributed by atoms with Crippen LogP contribution < -0.4 is 0 Å². The normalized spacial score (nSPS) is 11.9. The van der Waals surface area contributed by atoms with E-state index in [1.54, 1.807) is 0 Å². The van der Waals surface area contributed by atoms with Gasteiger partial charge in [-0.15, -0.1) is 11.3 Å². The zero-order valence-corrected chi connectivity index (χ0v) is 15.6. The minimum atomic E-state index is 1.02. The lowest BCUT2D eigenvalue weighted by Gasteiger charge is -2.07. The summed E-state index contributed by atoms with van der Waals surface area (Å²) in [7, 11) is 0. The van der Waals surface area contributed by atoms with E-state index in [1.807, 2.05) is 17.5 Å². The van der Waals surface area contributed by atoms with Gasteiger partial charge in [0.15, 0.2) is 5.82 Å². The molecule has 128 valence electrons. The predicted molar refractivity (Wildman–Crippen MR) is 116 cm³/mol. The van der Waals surface area contributed by atoms with Gasteiger partial charge in [0.2, 0.25) is 0 Å². The van der Waals surface area contributed by atoms with Crippen molar-refractivity contribution < 1.29 is 0 Å². The van der Waals surface area contributed by atoms with Gasteiger partial charge in [-0.25, -0.2) is 4.98 Å². The van der Waals surface area contributed by atoms with Gasteiger partial charge in [0.25, 0.3) is 0 Å². The fourth-order valence-electron chi connectivity index (χ4n) is 4.11. The van der Waals surface area contributed by atoms with Gasteiger partial charge >= 0.3 is 0 Å². The van der Waals surface area contributed by atoms with Gasteiger partial charge in [0, 0.05) is 32.4 Å². The molecular formula is C24H16N2S. The first-order chi connectivity index (χ1) is 13.3. The van der Waals surface area contributed by atoms with Gasteiger partial charge in [-0.3, -0.25) is 4.57 Å². The van der Waals surface area contributed by atoms with E-state index < -0.39 is 0 Å². The van der Waals surface area contributed by atoms with Gasteiger partial charge in [0.1, 0.15) is 0 Å². The van der Waals surface area contributed by atoms with Gasteiger partial charge < -0.3 is 0 Å². The molecule has 0 saturated heterocycles. The number of para-hydroxylation sites is 2. The number of benzene rings is 3. The summed E-state index contributed by atoms with van der Waals surface area (Å²) in [6.45, 7) is 2.15. The average molecular weight is 364 g/mol. The van der Waals surface area contributed by atoms with Crippen LogP contribution in [-0.4, -0.2) is 9.55 Å². The Kier molecular flexibility index (Phi) is 3.00. The Bertz CT molecular complexity index is 1430. The number of aromatic nitrogens is 2. The third-order valence-corrected chi connectivity index (χ3v) is 6.50. The Morgan fingerprint density at radius 2 is 1.44 bits per heavy atom. The first kappa shape index (κ1) is 14.9. The number of fused-ring (bicyclic) bond motifs is 6. The summed E-state index contributed by atoms with van der Waals surface area (Å²) >= 11 is 1.83. The van der Waals surface area contributed by atoms with Crippen LogP contribution in [0.2, 0.25) is 0 Å². The summed E-state index contributed by atoms with van der Waals surface area (Å²) in [6, 6.07) is 26.0. The number of hydrogen-bond acceptors (Lipinski definition) is 2. The minimum Gasteiger partial charge on any atom is -0.293 e. The second-order valence-corrected chi connectivity index (χ2v) is 8.03. The molecule has 0 amide bonds. The third kappa shape index (κ3) is 2.03. The van der Waals surface area contributed by atoms with Gasteiger partial charge in [0.05, 0.1) is 15.7 Å². The molecule has 6 aromatic rings. The van der Waals surface area contributed by atoms with E-state index in [0.717, 1.165) is 5.82 Å². The van der Waals surface area contributed by atoms with Crippen molar-refractivity contribution in [1.29, 1.82) is 0 Å². The molecule has 0 radical (unpaired) electrons. The Hall–Kier alpha value is -3.17. The van der Waals surface area contributed by atoms with Crippen LogP contribution in [0.15, 0.2) is 79.0 Å². The Balaban J connectivity index is 1.82. The molecule has 0 spiro atoms. The number of rotatable bonds is 1. The zero-order chi connectivity index (χ0) is 18.0. The van der Waals surface area contributed by atoms with Crippen molar-refractivity contribution in [2.75, 3.05) is 0 Å². The van der Waals surface area contributed by atoms with Crippen molar-refractivity contribution in [2.24, 2.45) is 0 Å². The van der Waals surface area contributed by atoms with E-state index in [4.69, 9.17) is 4.98 Å². The fourth-order valence-corrected chi connectivity index (χ4v) is 5.27. The van der Waals surface area contributed by atoms with Crippen molar-refractivity contribution in [3.63, 3.8) is 0 Å². The maximum absolute atomic E-state index is 4.84. The van der Waals surface area contributed by atoms with Gasteiger partial charge in [-0.2, -0.15) is 0 Å². The van der Waals surface area contributed by atoms with Crippen molar-refractivity contribution in [3.8, 4) is 5.82 Å². The lowest BCUT2D eigenvalue weighted by atomic mass is 10.1. The molecule has 0 atom stereocenters. The molecule has 0 saturated carbocycles. The molecule has 0 aliphatic carbocycles. The van der Waals surface area contributed by atoms with E-state index in [-0.39, 0.29) is 0 Å². The Morgan fingerprint density at radius 1 is 0.741 bits per heavy atom. The van der Waals surface area contributed by atoms with E-state index in [1.165, 1.54) is 47.5 Å². The molecular weight excluding hydrogens is 348 g/mol. The Labute approximate surface area is 160 Å². The number of aryl methyl sites for hydroxylation is 1. The van der Waals surface area contributed by atoms with Crippen molar-refractivity contribution in [1.82, 2.24) is 9.55 Å². The van der Waals surface area contributed by atoms with Crippen LogP contribution >= 0.6 is 11.3 Å². The quantitative estimate of drug-likeness (QED) is 0.312. The van der Waals surface area contributed by atoms with Crippen LogP contribution in [0.1, 0.15) is 5.56 Å². The Morgan fingerprint density at radius 3 is 2.19 bits per heavy atom. The second kappa shape index (κ2) is 5.41. The summed E-state index contributed by atoms with van der Waals surface area (Å²) in [4.78, 5) is 4.84. The smallest absolute Gasteiger partial charge is 0.155 e.